The monoisotopic (exact) mass is 445 g/mol. The van der Waals surface area contributed by atoms with Crippen LogP contribution >= 0.6 is 0 Å². The van der Waals surface area contributed by atoms with Crippen molar-refractivity contribution in [3.63, 3.8) is 0 Å². The summed E-state index contributed by atoms with van der Waals surface area (Å²) in [5, 5.41) is 3.94. The third-order valence-corrected chi connectivity index (χ3v) is 5.37. The summed E-state index contributed by atoms with van der Waals surface area (Å²) in [6, 6.07) is 8.78. The molecule has 1 aliphatic heterocycles. The number of carbonyl (C=O) groups excluding carboxylic acids is 1. The van der Waals surface area contributed by atoms with Crippen LogP contribution in [-0.2, 0) is 23.9 Å². The molecule has 0 saturated carbocycles. The number of carbonyl (C=O) groups is 1. The molecule has 0 spiro atoms. The van der Waals surface area contributed by atoms with Crippen LogP contribution in [0.15, 0.2) is 53.3 Å². The second-order valence-electron chi connectivity index (χ2n) is 7.60. The average Bonchev–Trinajstić information content (AvgIpc) is 3.27. The molecule has 0 atom stereocenters. The molecule has 0 bridgehead atoms. The Hall–Kier alpha value is -3.27. The fourth-order valence-electron chi connectivity index (χ4n) is 3.56. The lowest BCUT2D eigenvalue weighted by molar-refractivity contribution is -0.137. The molecule has 7 nitrogen and oxygen atoms in total. The maximum Gasteiger partial charge on any atom is 0.416 e. The van der Waals surface area contributed by atoms with Gasteiger partial charge in [0.1, 0.15) is 0 Å². The first-order chi connectivity index (χ1) is 15.4. The van der Waals surface area contributed by atoms with Gasteiger partial charge in [0.2, 0.25) is 17.6 Å². The van der Waals surface area contributed by atoms with Gasteiger partial charge in [-0.05, 0) is 29.8 Å². The number of aromatic nitrogens is 3. The number of benzene rings is 1. The summed E-state index contributed by atoms with van der Waals surface area (Å²) in [6.45, 7) is 3.04. The van der Waals surface area contributed by atoms with Crippen LogP contribution in [0.4, 0.5) is 13.2 Å². The van der Waals surface area contributed by atoms with E-state index in [2.05, 4.69) is 20.0 Å². The molecule has 1 amide bonds. The van der Waals surface area contributed by atoms with E-state index < -0.39 is 11.7 Å². The third-order valence-electron chi connectivity index (χ3n) is 5.37. The number of hydrogen-bond donors (Lipinski definition) is 0. The summed E-state index contributed by atoms with van der Waals surface area (Å²) < 4.78 is 43.3. The summed E-state index contributed by atoms with van der Waals surface area (Å²) in [7, 11) is 0. The van der Waals surface area contributed by atoms with Gasteiger partial charge in [-0.2, -0.15) is 18.2 Å². The summed E-state index contributed by atoms with van der Waals surface area (Å²) >= 11 is 0. The minimum absolute atomic E-state index is 0.0165. The van der Waals surface area contributed by atoms with Gasteiger partial charge < -0.3 is 9.42 Å². The van der Waals surface area contributed by atoms with Crippen LogP contribution in [0.3, 0.4) is 0 Å². The first-order valence-electron chi connectivity index (χ1n) is 10.3. The summed E-state index contributed by atoms with van der Waals surface area (Å²) in [4.78, 5) is 24.7. The molecule has 1 aliphatic rings. The number of nitrogens with zero attached hydrogens (tertiary/aromatic N) is 5. The van der Waals surface area contributed by atoms with Crippen LogP contribution in [0.5, 0.6) is 0 Å². The van der Waals surface area contributed by atoms with Crippen LogP contribution in [-0.4, -0.2) is 57.0 Å². The van der Waals surface area contributed by atoms with E-state index in [9.17, 15) is 18.0 Å². The molecule has 1 saturated heterocycles. The third kappa shape index (κ3) is 5.50. The minimum atomic E-state index is -4.33. The van der Waals surface area contributed by atoms with Gasteiger partial charge in [0.25, 0.3) is 0 Å². The lowest BCUT2D eigenvalue weighted by atomic mass is 10.1. The fraction of sp³-hybridized carbons (Fsp3) is 0.364. The van der Waals surface area contributed by atoms with Crippen molar-refractivity contribution in [1.29, 1.82) is 0 Å². The highest BCUT2D eigenvalue weighted by Gasteiger charge is 2.30. The number of halogens is 3. The molecule has 2 aromatic heterocycles. The topological polar surface area (TPSA) is 75.4 Å². The first-order valence-corrected chi connectivity index (χ1v) is 10.3. The molecular weight excluding hydrogens is 423 g/mol. The predicted octanol–water partition coefficient (Wildman–Crippen LogP) is 3.43. The Labute approximate surface area is 182 Å². The molecule has 0 aliphatic carbocycles. The van der Waals surface area contributed by atoms with Crippen LogP contribution in [0.2, 0.25) is 0 Å². The maximum absolute atomic E-state index is 12.7. The number of aryl methyl sites for hydroxylation is 1. The van der Waals surface area contributed by atoms with Gasteiger partial charge in [-0.3, -0.25) is 14.7 Å². The van der Waals surface area contributed by atoms with Crippen molar-refractivity contribution >= 4 is 5.91 Å². The second kappa shape index (κ2) is 9.47. The van der Waals surface area contributed by atoms with Crippen LogP contribution in [0.25, 0.3) is 11.4 Å². The number of piperazine rings is 1. The van der Waals surface area contributed by atoms with E-state index in [1.807, 2.05) is 0 Å². The molecule has 1 fully saturated rings. The van der Waals surface area contributed by atoms with E-state index in [1.165, 1.54) is 12.1 Å². The van der Waals surface area contributed by atoms with Gasteiger partial charge in [-0.15, -0.1) is 0 Å². The summed E-state index contributed by atoms with van der Waals surface area (Å²) in [6.07, 6.45) is -0.399. The second-order valence-corrected chi connectivity index (χ2v) is 7.60. The Bertz CT molecular complexity index is 1030. The van der Waals surface area contributed by atoms with Crippen LogP contribution in [0, 0.1) is 0 Å². The predicted molar refractivity (Wildman–Crippen MR) is 109 cm³/mol. The van der Waals surface area contributed by atoms with E-state index >= 15 is 0 Å². The highest BCUT2D eigenvalue weighted by molar-refractivity contribution is 5.76. The van der Waals surface area contributed by atoms with Crippen molar-refractivity contribution < 1.29 is 22.5 Å². The van der Waals surface area contributed by atoms with Crippen molar-refractivity contribution in [2.24, 2.45) is 0 Å². The molecule has 0 radical (unpaired) electrons. The first kappa shape index (κ1) is 21.9. The molecule has 32 heavy (non-hydrogen) atoms. The quantitative estimate of drug-likeness (QED) is 0.579. The Kier molecular flexibility index (Phi) is 6.50. The molecule has 168 valence electrons. The van der Waals surface area contributed by atoms with E-state index in [1.54, 1.807) is 29.4 Å². The van der Waals surface area contributed by atoms with Crippen molar-refractivity contribution in [1.82, 2.24) is 24.9 Å². The van der Waals surface area contributed by atoms with Gasteiger partial charge in [-0.1, -0.05) is 17.3 Å². The maximum atomic E-state index is 12.7. The van der Waals surface area contributed by atoms with Gasteiger partial charge in [-0.25, -0.2) is 0 Å². The highest BCUT2D eigenvalue weighted by atomic mass is 19.4. The van der Waals surface area contributed by atoms with Crippen molar-refractivity contribution in [3.05, 3.63) is 65.8 Å². The molecular formula is C22H22F3N5O2. The van der Waals surface area contributed by atoms with Crippen LogP contribution < -0.4 is 0 Å². The molecule has 10 heteroatoms. The van der Waals surface area contributed by atoms with E-state index in [-0.39, 0.29) is 12.3 Å². The number of alkyl halides is 3. The molecule has 1 aromatic carbocycles. The van der Waals surface area contributed by atoms with Gasteiger partial charge in [0, 0.05) is 63.5 Å². The Morgan fingerprint density at radius 3 is 2.34 bits per heavy atom. The number of hydrogen-bond acceptors (Lipinski definition) is 6. The molecule has 0 unspecified atom stereocenters. The SMILES string of the molecule is O=C(CCc1nc(-c2ccncc2)no1)N1CCN(Cc2ccc(C(F)(F)F)cc2)CC1. The van der Waals surface area contributed by atoms with E-state index in [0.717, 1.165) is 23.3 Å². The van der Waals surface area contributed by atoms with Crippen molar-refractivity contribution in [2.75, 3.05) is 26.2 Å². The Morgan fingerprint density at radius 2 is 1.69 bits per heavy atom. The number of pyridine rings is 1. The van der Waals surface area contributed by atoms with Gasteiger partial charge >= 0.3 is 6.18 Å². The zero-order valence-electron chi connectivity index (χ0n) is 17.3. The zero-order valence-corrected chi connectivity index (χ0v) is 17.3. The standard InChI is InChI=1S/C22H22F3N5O2/c23-22(24,25)18-3-1-16(2-4-18)15-29-11-13-30(14-12-29)20(31)6-5-19-27-21(28-32-19)17-7-9-26-10-8-17/h1-4,7-10H,5-6,11-15H2. The summed E-state index contributed by atoms with van der Waals surface area (Å²) in [5.41, 5.74) is 0.968. The van der Waals surface area contributed by atoms with E-state index in [4.69, 9.17) is 4.52 Å². The minimum Gasteiger partial charge on any atom is -0.340 e. The molecule has 4 rings (SSSR count). The highest BCUT2D eigenvalue weighted by Crippen LogP contribution is 2.29. The average molecular weight is 445 g/mol. The summed E-state index contributed by atoms with van der Waals surface area (Å²) in [5.74, 6) is 0.890. The van der Waals surface area contributed by atoms with Gasteiger partial charge in [0.15, 0.2) is 0 Å². The molecule has 3 aromatic rings. The van der Waals surface area contributed by atoms with Gasteiger partial charge in [0.05, 0.1) is 5.56 Å². The normalized spacial score (nSPS) is 15.2. The largest absolute Gasteiger partial charge is 0.416 e. The zero-order chi connectivity index (χ0) is 22.6. The number of amides is 1. The lowest BCUT2D eigenvalue weighted by Crippen LogP contribution is -2.48. The number of rotatable bonds is 6. The van der Waals surface area contributed by atoms with Crippen LogP contribution in [0.1, 0.15) is 23.4 Å². The fourth-order valence-corrected chi connectivity index (χ4v) is 3.56. The molecule has 0 N–H and O–H groups in total. The van der Waals surface area contributed by atoms with Crippen molar-refractivity contribution in [2.45, 2.75) is 25.6 Å². The Balaban J connectivity index is 1.22. The molecule has 3 heterocycles. The van der Waals surface area contributed by atoms with Crippen molar-refractivity contribution in [3.8, 4) is 11.4 Å². The Morgan fingerprint density at radius 1 is 1.00 bits per heavy atom. The smallest absolute Gasteiger partial charge is 0.340 e. The van der Waals surface area contributed by atoms with E-state index in [0.29, 0.717) is 50.9 Å². The lowest BCUT2D eigenvalue weighted by Gasteiger charge is -2.34.